The normalized spacial score (nSPS) is 11.0. The molecule has 0 bridgehead atoms. The fourth-order valence-electron chi connectivity index (χ4n) is 1.14. The number of ether oxygens (including phenoxy) is 1. The number of hydrogen-bond acceptors (Lipinski definition) is 3. The van der Waals surface area contributed by atoms with E-state index < -0.39 is 11.7 Å². The van der Waals surface area contributed by atoms with Crippen molar-refractivity contribution in [3.63, 3.8) is 0 Å². The molecule has 1 rings (SSSR count). The molecule has 0 saturated heterocycles. The van der Waals surface area contributed by atoms with E-state index in [-0.39, 0.29) is 5.75 Å². The Morgan fingerprint density at radius 3 is 2.50 bits per heavy atom. The molecular formula is C12H17NO3. The van der Waals surface area contributed by atoms with Gasteiger partial charge in [-0.25, -0.2) is 4.79 Å². The highest BCUT2D eigenvalue weighted by atomic mass is 16.6. The Balaban J connectivity index is 2.78. The highest BCUT2D eigenvalue weighted by molar-refractivity contribution is 5.87. The maximum atomic E-state index is 11.7. The van der Waals surface area contributed by atoms with Crippen LogP contribution in [0, 0.1) is 0 Å². The van der Waals surface area contributed by atoms with Crippen molar-refractivity contribution < 1.29 is 14.6 Å². The average Bonchev–Trinajstić information content (AvgIpc) is 2.14. The van der Waals surface area contributed by atoms with E-state index in [4.69, 9.17) is 4.74 Å². The maximum absolute atomic E-state index is 11.7. The van der Waals surface area contributed by atoms with Crippen LogP contribution in [-0.4, -0.2) is 23.8 Å². The summed E-state index contributed by atoms with van der Waals surface area (Å²) in [5, 5.41) is 9.30. The van der Waals surface area contributed by atoms with E-state index in [1.165, 1.54) is 11.0 Å². The van der Waals surface area contributed by atoms with Gasteiger partial charge in [-0.2, -0.15) is 0 Å². The monoisotopic (exact) mass is 223 g/mol. The summed E-state index contributed by atoms with van der Waals surface area (Å²) in [4.78, 5) is 13.0. The minimum Gasteiger partial charge on any atom is -0.508 e. The van der Waals surface area contributed by atoms with Crippen molar-refractivity contribution in [2.45, 2.75) is 26.4 Å². The minimum atomic E-state index is -0.526. The lowest BCUT2D eigenvalue weighted by Crippen LogP contribution is -2.34. The van der Waals surface area contributed by atoms with Crippen LogP contribution in [0.15, 0.2) is 24.3 Å². The zero-order chi connectivity index (χ0) is 12.3. The van der Waals surface area contributed by atoms with Crippen LogP contribution in [0.3, 0.4) is 0 Å². The summed E-state index contributed by atoms with van der Waals surface area (Å²) in [5.74, 6) is 0.118. The lowest BCUT2D eigenvalue weighted by atomic mass is 10.2. The Bertz CT molecular complexity index is 382. The molecule has 4 nitrogen and oxygen atoms in total. The van der Waals surface area contributed by atoms with Gasteiger partial charge in [0.2, 0.25) is 0 Å². The molecular weight excluding hydrogens is 206 g/mol. The summed E-state index contributed by atoms with van der Waals surface area (Å²) >= 11 is 0. The molecule has 0 atom stereocenters. The number of phenolic OH excluding ortho intramolecular Hbond substituents is 1. The first-order chi connectivity index (χ1) is 7.29. The Hall–Kier alpha value is -1.71. The molecule has 1 amide bonds. The highest BCUT2D eigenvalue weighted by Crippen LogP contribution is 2.20. The van der Waals surface area contributed by atoms with Crippen LogP contribution in [0.4, 0.5) is 10.5 Å². The second kappa shape index (κ2) is 4.43. The van der Waals surface area contributed by atoms with Gasteiger partial charge < -0.3 is 9.84 Å². The maximum Gasteiger partial charge on any atom is 0.414 e. The van der Waals surface area contributed by atoms with E-state index in [2.05, 4.69) is 0 Å². The van der Waals surface area contributed by atoms with E-state index in [9.17, 15) is 9.90 Å². The summed E-state index contributed by atoms with van der Waals surface area (Å²) in [7, 11) is 1.60. The van der Waals surface area contributed by atoms with Crippen LogP contribution in [0.1, 0.15) is 20.8 Å². The number of amides is 1. The number of carbonyl (C=O) groups excluding carboxylic acids is 1. The van der Waals surface area contributed by atoms with Crippen molar-refractivity contribution in [2.75, 3.05) is 11.9 Å². The Morgan fingerprint density at radius 2 is 2.00 bits per heavy atom. The van der Waals surface area contributed by atoms with E-state index in [0.29, 0.717) is 5.69 Å². The Labute approximate surface area is 95.5 Å². The second-order valence-electron chi connectivity index (χ2n) is 4.56. The zero-order valence-electron chi connectivity index (χ0n) is 10.0. The molecule has 0 aliphatic rings. The average molecular weight is 223 g/mol. The number of anilines is 1. The molecule has 1 aromatic carbocycles. The van der Waals surface area contributed by atoms with Gasteiger partial charge in [-0.15, -0.1) is 0 Å². The number of benzene rings is 1. The lowest BCUT2D eigenvalue weighted by molar-refractivity contribution is 0.0589. The minimum absolute atomic E-state index is 0.118. The molecule has 0 spiro atoms. The van der Waals surface area contributed by atoms with Crippen molar-refractivity contribution >= 4 is 11.8 Å². The van der Waals surface area contributed by atoms with Gasteiger partial charge in [0.15, 0.2) is 0 Å². The standard InChI is InChI=1S/C12H17NO3/c1-12(2,3)16-11(15)13(4)9-6-5-7-10(14)8-9/h5-8,14H,1-4H3. The van der Waals surface area contributed by atoms with Crippen LogP contribution in [-0.2, 0) is 4.74 Å². The van der Waals surface area contributed by atoms with E-state index in [0.717, 1.165) is 0 Å². The number of nitrogens with zero attached hydrogens (tertiary/aromatic N) is 1. The second-order valence-corrected chi connectivity index (χ2v) is 4.56. The number of hydrogen-bond donors (Lipinski definition) is 1. The van der Waals surface area contributed by atoms with Crippen LogP contribution in [0.2, 0.25) is 0 Å². The molecule has 1 N–H and O–H groups in total. The summed E-state index contributed by atoms with van der Waals surface area (Å²) in [6.45, 7) is 5.42. The molecule has 0 aromatic heterocycles. The predicted octanol–water partition coefficient (Wildman–Crippen LogP) is 2.76. The first-order valence-electron chi connectivity index (χ1n) is 5.05. The fraction of sp³-hybridized carbons (Fsp3) is 0.417. The molecule has 0 aliphatic carbocycles. The summed E-state index contributed by atoms with van der Waals surface area (Å²) in [5.41, 5.74) is 0.0663. The molecule has 88 valence electrons. The van der Waals surface area contributed by atoms with Gasteiger partial charge in [0, 0.05) is 13.1 Å². The number of phenols is 1. The quantitative estimate of drug-likeness (QED) is 0.796. The van der Waals surface area contributed by atoms with Gasteiger partial charge in [-0.05, 0) is 32.9 Å². The SMILES string of the molecule is CN(C(=O)OC(C)(C)C)c1cccc(O)c1. The van der Waals surface area contributed by atoms with Gasteiger partial charge in [-0.3, -0.25) is 4.90 Å². The highest BCUT2D eigenvalue weighted by Gasteiger charge is 2.20. The molecule has 0 radical (unpaired) electrons. The van der Waals surface area contributed by atoms with E-state index >= 15 is 0 Å². The summed E-state index contributed by atoms with van der Waals surface area (Å²) in [6, 6.07) is 6.45. The third kappa shape index (κ3) is 3.46. The number of rotatable bonds is 1. The van der Waals surface area contributed by atoms with Crippen molar-refractivity contribution in [3.8, 4) is 5.75 Å². The van der Waals surface area contributed by atoms with Crippen molar-refractivity contribution in [1.82, 2.24) is 0 Å². The van der Waals surface area contributed by atoms with Gasteiger partial charge >= 0.3 is 6.09 Å². The largest absolute Gasteiger partial charge is 0.508 e. The zero-order valence-corrected chi connectivity index (χ0v) is 10.0. The summed E-state index contributed by atoms with van der Waals surface area (Å²) in [6.07, 6.45) is -0.446. The van der Waals surface area contributed by atoms with Crippen molar-refractivity contribution in [3.05, 3.63) is 24.3 Å². The molecule has 0 heterocycles. The molecule has 16 heavy (non-hydrogen) atoms. The molecule has 4 heteroatoms. The van der Waals surface area contributed by atoms with Crippen LogP contribution >= 0.6 is 0 Å². The first kappa shape index (κ1) is 12.4. The molecule has 0 saturated carbocycles. The van der Waals surface area contributed by atoms with Crippen LogP contribution in [0.5, 0.6) is 5.75 Å². The first-order valence-corrected chi connectivity index (χ1v) is 5.05. The van der Waals surface area contributed by atoms with E-state index in [1.54, 1.807) is 46.0 Å². The molecule has 0 aliphatic heterocycles. The van der Waals surface area contributed by atoms with Gasteiger partial charge in [0.1, 0.15) is 11.4 Å². The molecule has 1 aromatic rings. The van der Waals surface area contributed by atoms with E-state index in [1.807, 2.05) is 0 Å². The Kier molecular flexibility index (Phi) is 3.42. The predicted molar refractivity (Wildman–Crippen MR) is 62.7 cm³/mol. The van der Waals surface area contributed by atoms with Crippen LogP contribution < -0.4 is 4.90 Å². The fourth-order valence-corrected chi connectivity index (χ4v) is 1.14. The van der Waals surface area contributed by atoms with Crippen molar-refractivity contribution in [1.29, 1.82) is 0 Å². The third-order valence-electron chi connectivity index (χ3n) is 1.88. The topological polar surface area (TPSA) is 49.8 Å². The lowest BCUT2D eigenvalue weighted by Gasteiger charge is -2.24. The van der Waals surface area contributed by atoms with Crippen LogP contribution in [0.25, 0.3) is 0 Å². The summed E-state index contributed by atoms with van der Waals surface area (Å²) < 4.78 is 5.20. The smallest absolute Gasteiger partial charge is 0.414 e. The third-order valence-corrected chi connectivity index (χ3v) is 1.88. The van der Waals surface area contributed by atoms with Crippen molar-refractivity contribution in [2.24, 2.45) is 0 Å². The van der Waals surface area contributed by atoms with Gasteiger partial charge in [0.05, 0.1) is 5.69 Å². The Morgan fingerprint density at radius 1 is 1.38 bits per heavy atom. The van der Waals surface area contributed by atoms with Gasteiger partial charge in [0.25, 0.3) is 0 Å². The molecule has 0 fully saturated rings. The number of aromatic hydroxyl groups is 1. The van der Waals surface area contributed by atoms with Gasteiger partial charge in [-0.1, -0.05) is 6.07 Å². The number of carbonyl (C=O) groups is 1. The molecule has 0 unspecified atom stereocenters.